The smallest absolute Gasteiger partial charge is 0.338 e. The van der Waals surface area contributed by atoms with Gasteiger partial charge >= 0.3 is 5.97 Å². The van der Waals surface area contributed by atoms with Crippen LogP contribution in [-0.4, -0.2) is 29.3 Å². The lowest BCUT2D eigenvalue weighted by atomic mass is 10.1. The van der Waals surface area contributed by atoms with E-state index in [4.69, 9.17) is 4.74 Å². The number of amides is 2. The molecule has 0 spiro atoms. The van der Waals surface area contributed by atoms with Crippen LogP contribution in [0, 0.1) is 0 Å². The second kappa shape index (κ2) is 9.14. The summed E-state index contributed by atoms with van der Waals surface area (Å²) in [5, 5.41) is 4.81. The van der Waals surface area contributed by atoms with E-state index in [1.165, 1.54) is 11.3 Å². The first-order valence-electron chi connectivity index (χ1n) is 10.1. The van der Waals surface area contributed by atoms with Crippen molar-refractivity contribution in [1.82, 2.24) is 4.90 Å². The molecule has 7 heteroatoms. The predicted octanol–water partition coefficient (Wildman–Crippen LogP) is 4.65. The van der Waals surface area contributed by atoms with Gasteiger partial charge in [-0.2, -0.15) is 0 Å². The molecule has 0 saturated heterocycles. The van der Waals surface area contributed by atoms with Crippen molar-refractivity contribution in [2.45, 2.75) is 25.9 Å². The van der Waals surface area contributed by atoms with E-state index in [1.54, 1.807) is 36.1 Å². The largest absolute Gasteiger partial charge is 0.462 e. The average Bonchev–Trinajstić information content (AvgIpc) is 3.42. The van der Waals surface area contributed by atoms with Crippen LogP contribution >= 0.6 is 11.3 Å². The van der Waals surface area contributed by atoms with Crippen molar-refractivity contribution >= 4 is 34.8 Å². The molecule has 6 nitrogen and oxygen atoms in total. The number of esters is 1. The van der Waals surface area contributed by atoms with E-state index in [1.807, 2.05) is 41.8 Å². The molecule has 1 unspecified atom stereocenters. The zero-order valence-electron chi connectivity index (χ0n) is 17.0. The molecular formula is C24H22N2O4S. The summed E-state index contributed by atoms with van der Waals surface area (Å²) < 4.78 is 4.97. The van der Waals surface area contributed by atoms with Gasteiger partial charge in [0.25, 0.3) is 5.91 Å². The van der Waals surface area contributed by atoms with Gasteiger partial charge in [-0.1, -0.05) is 24.3 Å². The van der Waals surface area contributed by atoms with E-state index in [-0.39, 0.29) is 24.3 Å². The van der Waals surface area contributed by atoms with Crippen LogP contribution in [0.5, 0.6) is 0 Å². The number of ether oxygens (including phenoxy) is 1. The van der Waals surface area contributed by atoms with E-state index in [0.29, 0.717) is 30.0 Å². The van der Waals surface area contributed by atoms with Crippen molar-refractivity contribution in [3.63, 3.8) is 0 Å². The molecule has 1 aliphatic heterocycles. The summed E-state index contributed by atoms with van der Waals surface area (Å²) in [6, 6.07) is 17.6. The van der Waals surface area contributed by atoms with Crippen molar-refractivity contribution in [3.8, 4) is 0 Å². The quantitative estimate of drug-likeness (QED) is 0.549. The number of nitrogens with one attached hydrogen (secondary N) is 1. The summed E-state index contributed by atoms with van der Waals surface area (Å²) >= 11 is 1.53. The standard InChI is InChI=1S/C24H22N2O4S/c1-2-30-24(29)16-9-11-18(12-10-16)25-22(27)14-20(21-8-5-13-31-21)26-15-17-6-3-4-7-19(17)23(26)28/h3-13,20H,2,14-15H2,1H3,(H,25,27). The van der Waals surface area contributed by atoms with Crippen molar-refractivity contribution in [2.24, 2.45) is 0 Å². The molecule has 0 aliphatic carbocycles. The molecule has 0 bridgehead atoms. The maximum absolute atomic E-state index is 13.0. The first-order chi connectivity index (χ1) is 15.1. The lowest BCUT2D eigenvalue weighted by Gasteiger charge is -2.26. The van der Waals surface area contributed by atoms with Gasteiger partial charge in [0.15, 0.2) is 0 Å². The van der Waals surface area contributed by atoms with Gasteiger partial charge in [-0.05, 0) is 54.3 Å². The number of hydrogen-bond donors (Lipinski definition) is 1. The third kappa shape index (κ3) is 4.51. The van der Waals surface area contributed by atoms with E-state index in [0.717, 1.165) is 10.4 Å². The summed E-state index contributed by atoms with van der Waals surface area (Å²) in [5.74, 6) is -0.656. The Hall–Kier alpha value is -3.45. The SMILES string of the molecule is CCOC(=O)c1ccc(NC(=O)CC(c2cccs2)N2Cc3ccccc3C2=O)cc1. The average molecular weight is 435 g/mol. The number of fused-ring (bicyclic) bond motifs is 1. The third-order valence-corrected chi connectivity index (χ3v) is 6.13. The lowest BCUT2D eigenvalue weighted by molar-refractivity contribution is -0.117. The Morgan fingerprint density at radius 3 is 2.55 bits per heavy atom. The van der Waals surface area contributed by atoms with Crippen LogP contribution in [0.1, 0.15) is 50.5 Å². The monoisotopic (exact) mass is 434 g/mol. The molecule has 1 atom stereocenters. The van der Waals surface area contributed by atoms with Crippen molar-refractivity contribution < 1.29 is 19.1 Å². The second-order valence-electron chi connectivity index (χ2n) is 7.17. The molecule has 0 radical (unpaired) electrons. The highest BCUT2D eigenvalue weighted by atomic mass is 32.1. The van der Waals surface area contributed by atoms with Crippen LogP contribution in [-0.2, 0) is 16.1 Å². The Morgan fingerprint density at radius 1 is 1.10 bits per heavy atom. The minimum Gasteiger partial charge on any atom is -0.462 e. The summed E-state index contributed by atoms with van der Waals surface area (Å²) in [6.07, 6.45) is 0.139. The van der Waals surface area contributed by atoms with Crippen LogP contribution in [0.4, 0.5) is 5.69 Å². The molecule has 2 amide bonds. The number of rotatable bonds is 7. The minimum absolute atomic E-state index is 0.0550. The van der Waals surface area contributed by atoms with Crippen LogP contribution in [0.3, 0.4) is 0 Å². The van der Waals surface area contributed by atoms with Gasteiger partial charge in [-0.15, -0.1) is 11.3 Å². The van der Waals surface area contributed by atoms with Crippen molar-refractivity contribution in [3.05, 3.63) is 87.6 Å². The van der Waals surface area contributed by atoms with Crippen LogP contribution in [0.25, 0.3) is 0 Å². The molecule has 0 fully saturated rings. The number of anilines is 1. The van der Waals surface area contributed by atoms with Crippen molar-refractivity contribution in [1.29, 1.82) is 0 Å². The summed E-state index contributed by atoms with van der Waals surface area (Å²) in [5.41, 5.74) is 2.68. The number of hydrogen-bond acceptors (Lipinski definition) is 5. The molecule has 1 N–H and O–H groups in total. The van der Waals surface area contributed by atoms with E-state index in [2.05, 4.69) is 5.32 Å². The van der Waals surface area contributed by atoms with Gasteiger partial charge in [-0.25, -0.2) is 4.79 Å². The zero-order chi connectivity index (χ0) is 21.8. The number of carbonyl (C=O) groups is 3. The molecule has 1 aromatic heterocycles. The summed E-state index contributed by atoms with van der Waals surface area (Å²) in [7, 11) is 0. The van der Waals surface area contributed by atoms with Crippen LogP contribution in [0.15, 0.2) is 66.0 Å². The molecule has 2 aromatic carbocycles. The Kier molecular flexibility index (Phi) is 6.13. The van der Waals surface area contributed by atoms with Gasteiger partial charge in [0.2, 0.25) is 5.91 Å². The number of nitrogens with zero attached hydrogens (tertiary/aromatic N) is 1. The van der Waals surface area contributed by atoms with Gasteiger partial charge in [0.05, 0.1) is 24.6 Å². The second-order valence-corrected chi connectivity index (χ2v) is 8.15. The highest BCUT2D eigenvalue weighted by molar-refractivity contribution is 7.10. The Bertz CT molecular complexity index is 1090. The van der Waals surface area contributed by atoms with Crippen LogP contribution < -0.4 is 5.32 Å². The number of carbonyl (C=O) groups excluding carboxylic acids is 3. The number of thiophene rings is 1. The third-order valence-electron chi connectivity index (χ3n) is 5.16. The zero-order valence-corrected chi connectivity index (χ0v) is 17.9. The maximum atomic E-state index is 13.0. The highest BCUT2D eigenvalue weighted by Gasteiger charge is 2.34. The van der Waals surface area contributed by atoms with Crippen LogP contribution in [0.2, 0.25) is 0 Å². The topological polar surface area (TPSA) is 75.7 Å². The normalized spacial score (nSPS) is 13.6. The van der Waals surface area contributed by atoms with Crippen molar-refractivity contribution in [2.75, 3.05) is 11.9 Å². The van der Waals surface area contributed by atoms with E-state index >= 15 is 0 Å². The molecule has 2 heterocycles. The molecule has 158 valence electrons. The van der Waals surface area contributed by atoms with Gasteiger partial charge in [0.1, 0.15) is 0 Å². The van der Waals surface area contributed by atoms with Gasteiger partial charge in [-0.3, -0.25) is 9.59 Å². The van der Waals surface area contributed by atoms with Gasteiger partial charge < -0.3 is 15.0 Å². The fourth-order valence-electron chi connectivity index (χ4n) is 3.67. The highest BCUT2D eigenvalue weighted by Crippen LogP contribution is 2.35. The molecule has 3 aromatic rings. The minimum atomic E-state index is -0.398. The fourth-order valence-corrected chi connectivity index (χ4v) is 4.50. The Balaban J connectivity index is 1.48. The molecule has 4 rings (SSSR count). The van der Waals surface area contributed by atoms with Gasteiger partial charge in [0, 0.05) is 22.7 Å². The predicted molar refractivity (Wildman–Crippen MR) is 119 cm³/mol. The number of benzene rings is 2. The lowest BCUT2D eigenvalue weighted by Crippen LogP contribution is -2.31. The Labute approximate surface area is 184 Å². The molecular weight excluding hydrogens is 412 g/mol. The summed E-state index contributed by atoms with van der Waals surface area (Å²) in [4.78, 5) is 40.3. The molecule has 31 heavy (non-hydrogen) atoms. The van der Waals surface area contributed by atoms with E-state index in [9.17, 15) is 14.4 Å². The molecule has 0 saturated carbocycles. The fraction of sp³-hybridized carbons (Fsp3) is 0.208. The first-order valence-corrected chi connectivity index (χ1v) is 10.9. The Morgan fingerprint density at radius 2 is 1.87 bits per heavy atom. The summed E-state index contributed by atoms with van der Waals surface area (Å²) in [6.45, 7) is 2.54. The van der Waals surface area contributed by atoms with E-state index < -0.39 is 5.97 Å². The molecule has 1 aliphatic rings. The first kappa shape index (κ1) is 20.8. The maximum Gasteiger partial charge on any atom is 0.338 e.